The highest BCUT2D eigenvalue weighted by atomic mass is 16.5. The molecule has 2 rings (SSSR count). The minimum absolute atomic E-state index is 0.130. The Morgan fingerprint density at radius 2 is 2.04 bits per heavy atom. The predicted molar refractivity (Wildman–Crippen MR) is 91.7 cm³/mol. The summed E-state index contributed by atoms with van der Waals surface area (Å²) in [5, 5.41) is 13.2. The lowest BCUT2D eigenvalue weighted by Crippen LogP contribution is -2.14. The number of hydrogen-bond donors (Lipinski definition) is 2. The molecule has 2 N–H and O–H groups in total. The van der Waals surface area contributed by atoms with Crippen molar-refractivity contribution in [1.29, 1.82) is 0 Å². The first-order valence-corrected chi connectivity index (χ1v) is 7.68. The third-order valence-corrected chi connectivity index (χ3v) is 3.61. The van der Waals surface area contributed by atoms with E-state index >= 15 is 0 Å². The molecule has 1 aromatic heterocycles. The van der Waals surface area contributed by atoms with Crippen LogP contribution in [0.1, 0.15) is 31.1 Å². The summed E-state index contributed by atoms with van der Waals surface area (Å²) in [5.74, 6) is -0.578. The molecule has 0 amide bonds. The molecular formula is C17H19N3O5. The van der Waals surface area contributed by atoms with Gasteiger partial charge in [-0.25, -0.2) is 9.36 Å². The first-order chi connectivity index (χ1) is 11.9. The van der Waals surface area contributed by atoms with E-state index in [0.29, 0.717) is 11.4 Å². The monoisotopic (exact) mass is 345 g/mol. The number of imidazole rings is 1. The van der Waals surface area contributed by atoms with Gasteiger partial charge in [0.2, 0.25) is 5.88 Å². The summed E-state index contributed by atoms with van der Waals surface area (Å²) in [7, 11) is 0. The van der Waals surface area contributed by atoms with Gasteiger partial charge in [0.1, 0.15) is 12.6 Å². The number of esters is 1. The largest absolute Gasteiger partial charge is 0.493 e. The molecule has 1 atom stereocenters. The highest BCUT2D eigenvalue weighted by Gasteiger charge is 2.14. The zero-order valence-corrected chi connectivity index (χ0v) is 13.9. The Morgan fingerprint density at radius 1 is 1.36 bits per heavy atom. The summed E-state index contributed by atoms with van der Waals surface area (Å²) in [6.45, 7) is 3.11. The van der Waals surface area contributed by atoms with Crippen molar-refractivity contribution in [2.75, 3.05) is 6.61 Å². The third-order valence-electron chi connectivity index (χ3n) is 3.61. The number of nitrogens with one attached hydrogen (secondary N) is 1. The molecular weight excluding hydrogens is 326 g/mol. The number of carbonyl (C=O) groups excluding carboxylic acids is 1. The summed E-state index contributed by atoms with van der Waals surface area (Å²) < 4.78 is 5.89. The lowest BCUT2D eigenvalue weighted by atomic mass is 10.1. The zero-order valence-electron chi connectivity index (χ0n) is 13.9. The van der Waals surface area contributed by atoms with Gasteiger partial charge in [0, 0.05) is 13.3 Å². The second kappa shape index (κ2) is 8.09. The van der Waals surface area contributed by atoms with Crippen molar-refractivity contribution in [2.45, 2.75) is 26.3 Å². The lowest BCUT2D eigenvalue weighted by molar-refractivity contribution is -0.139. The smallest absolute Gasteiger partial charge is 0.333 e. The summed E-state index contributed by atoms with van der Waals surface area (Å²) in [6.07, 6.45) is 3.58. The number of ether oxygens (including phenoxy) is 1. The van der Waals surface area contributed by atoms with Crippen LogP contribution >= 0.6 is 0 Å². The minimum Gasteiger partial charge on any atom is -0.493 e. The van der Waals surface area contributed by atoms with Gasteiger partial charge in [0.15, 0.2) is 0 Å². The summed E-state index contributed by atoms with van der Waals surface area (Å²) >= 11 is 0. The van der Waals surface area contributed by atoms with Crippen LogP contribution in [0, 0.1) is 4.91 Å². The molecule has 0 aliphatic carbocycles. The average molecular weight is 345 g/mol. The molecule has 0 saturated carbocycles. The number of rotatable bonds is 7. The van der Waals surface area contributed by atoms with Gasteiger partial charge in [0.05, 0.1) is 11.4 Å². The number of nitroso groups, excluding NO2 is 1. The maximum atomic E-state index is 12.1. The molecule has 8 heteroatoms. The van der Waals surface area contributed by atoms with E-state index in [1.165, 1.54) is 6.92 Å². The molecule has 1 unspecified atom stereocenters. The molecule has 0 aliphatic rings. The summed E-state index contributed by atoms with van der Waals surface area (Å²) in [4.78, 5) is 35.9. The number of carbonyl (C=O) groups is 1. The fraction of sp³-hybridized carbons (Fsp3) is 0.294. The molecule has 2 aromatic rings. The van der Waals surface area contributed by atoms with E-state index in [-0.39, 0.29) is 24.9 Å². The first-order valence-electron chi connectivity index (χ1n) is 7.68. The van der Waals surface area contributed by atoms with Crippen LogP contribution in [0.4, 0.5) is 0 Å². The Hall–Kier alpha value is -3.16. The SMILES string of the molecule is CC(=O)OCC=CCc1[nH]c(=O)n(-c2ccc(C(C)N=O)cc2)c1O. The van der Waals surface area contributed by atoms with Crippen LogP contribution in [0.25, 0.3) is 5.69 Å². The van der Waals surface area contributed by atoms with Crippen molar-refractivity contribution in [3.8, 4) is 11.6 Å². The highest BCUT2D eigenvalue weighted by molar-refractivity contribution is 5.66. The van der Waals surface area contributed by atoms with Crippen molar-refractivity contribution in [1.82, 2.24) is 9.55 Å². The molecule has 8 nitrogen and oxygen atoms in total. The molecule has 0 spiro atoms. The quantitative estimate of drug-likeness (QED) is 0.454. The molecule has 25 heavy (non-hydrogen) atoms. The van der Waals surface area contributed by atoms with Crippen molar-refractivity contribution in [2.24, 2.45) is 5.18 Å². The van der Waals surface area contributed by atoms with Crippen molar-refractivity contribution in [3.63, 3.8) is 0 Å². The van der Waals surface area contributed by atoms with E-state index in [4.69, 9.17) is 4.74 Å². The minimum atomic E-state index is -0.483. The van der Waals surface area contributed by atoms with E-state index in [1.54, 1.807) is 43.3 Å². The molecule has 0 radical (unpaired) electrons. The van der Waals surface area contributed by atoms with Crippen LogP contribution < -0.4 is 5.69 Å². The number of allylic oxidation sites excluding steroid dienone is 1. The zero-order chi connectivity index (χ0) is 18.4. The predicted octanol–water partition coefficient (Wildman–Crippen LogP) is 2.36. The third kappa shape index (κ3) is 4.43. The van der Waals surface area contributed by atoms with Gasteiger partial charge in [-0.2, -0.15) is 4.91 Å². The molecule has 1 heterocycles. The standard InChI is InChI=1S/C17H19N3O5/c1-11(19-24)13-6-8-14(9-7-13)20-16(22)15(18-17(20)23)5-3-4-10-25-12(2)21/h3-4,6-9,11,22H,5,10H2,1-2H3,(H,18,23). The number of nitrogens with zero attached hydrogens (tertiary/aromatic N) is 2. The van der Waals surface area contributed by atoms with Crippen LogP contribution in [-0.4, -0.2) is 27.2 Å². The van der Waals surface area contributed by atoms with Crippen molar-refractivity contribution < 1.29 is 14.6 Å². The fourth-order valence-corrected chi connectivity index (χ4v) is 2.25. The number of hydrogen-bond acceptors (Lipinski definition) is 6. The van der Waals surface area contributed by atoms with Gasteiger partial charge >= 0.3 is 11.7 Å². The van der Waals surface area contributed by atoms with E-state index in [9.17, 15) is 19.6 Å². The van der Waals surface area contributed by atoms with Crippen LogP contribution in [0.5, 0.6) is 5.88 Å². The summed E-state index contributed by atoms with van der Waals surface area (Å²) in [5.41, 5.74) is 1.05. The maximum absolute atomic E-state index is 12.1. The number of aromatic hydroxyl groups is 1. The van der Waals surface area contributed by atoms with Crippen LogP contribution in [0.2, 0.25) is 0 Å². The number of aromatic amines is 1. The Balaban J connectivity index is 2.17. The topological polar surface area (TPSA) is 114 Å². The molecule has 0 saturated heterocycles. The van der Waals surface area contributed by atoms with Crippen LogP contribution in [-0.2, 0) is 16.0 Å². The Labute approximate surface area is 143 Å². The van der Waals surface area contributed by atoms with Crippen LogP contribution in [0.3, 0.4) is 0 Å². The molecule has 0 aliphatic heterocycles. The second-order valence-corrected chi connectivity index (χ2v) is 5.42. The van der Waals surface area contributed by atoms with Gasteiger partial charge in [-0.15, -0.1) is 0 Å². The van der Waals surface area contributed by atoms with E-state index in [2.05, 4.69) is 10.2 Å². The highest BCUT2D eigenvalue weighted by Crippen LogP contribution is 2.22. The van der Waals surface area contributed by atoms with E-state index in [1.807, 2.05) is 0 Å². The number of benzene rings is 1. The molecule has 132 valence electrons. The van der Waals surface area contributed by atoms with Gasteiger partial charge in [-0.1, -0.05) is 29.5 Å². The van der Waals surface area contributed by atoms with Gasteiger partial charge in [-0.3, -0.25) is 4.79 Å². The number of H-pyrrole nitrogens is 1. The van der Waals surface area contributed by atoms with Crippen molar-refractivity contribution in [3.05, 3.63) is 63.1 Å². The van der Waals surface area contributed by atoms with E-state index < -0.39 is 11.7 Å². The summed E-state index contributed by atoms with van der Waals surface area (Å²) in [6, 6.07) is 6.14. The Morgan fingerprint density at radius 3 is 2.64 bits per heavy atom. The first kappa shape index (κ1) is 18.2. The molecule has 0 fully saturated rings. The fourth-order valence-electron chi connectivity index (χ4n) is 2.25. The van der Waals surface area contributed by atoms with E-state index in [0.717, 1.165) is 10.1 Å². The maximum Gasteiger partial charge on any atom is 0.333 e. The van der Waals surface area contributed by atoms with Crippen LogP contribution in [0.15, 0.2) is 46.4 Å². The Kier molecular flexibility index (Phi) is 5.89. The van der Waals surface area contributed by atoms with Gasteiger partial charge in [0.25, 0.3) is 0 Å². The van der Waals surface area contributed by atoms with Crippen molar-refractivity contribution >= 4 is 5.97 Å². The Bertz CT molecular complexity index is 833. The van der Waals surface area contributed by atoms with Gasteiger partial charge < -0.3 is 14.8 Å². The average Bonchev–Trinajstić information content (AvgIpc) is 2.87. The molecule has 0 bridgehead atoms. The second-order valence-electron chi connectivity index (χ2n) is 5.42. The number of aromatic nitrogens is 2. The van der Waals surface area contributed by atoms with Gasteiger partial charge in [-0.05, 0) is 24.6 Å². The molecule has 1 aromatic carbocycles. The lowest BCUT2D eigenvalue weighted by Gasteiger charge is -2.06. The normalized spacial score (nSPS) is 12.2.